The van der Waals surface area contributed by atoms with Crippen molar-refractivity contribution >= 4 is 12.1 Å². The molecular formula is C9H12N2O4. The van der Waals surface area contributed by atoms with Crippen molar-refractivity contribution in [3.63, 3.8) is 0 Å². The zero-order valence-electron chi connectivity index (χ0n) is 8.54. The summed E-state index contributed by atoms with van der Waals surface area (Å²) in [4.78, 5) is 26.1. The number of aromatic nitrogens is 2. The van der Waals surface area contributed by atoms with Crippen LogP contribution in [0.25, 0.3) is 0 Å². The van der Waals surface area contributed by atoms with Crippen LogP contribution in [0.2, 0.25) is 0 Å². The highest BCUT2D eigenvalue weighted by Crippen LogP contribution is 1.98. The minimum absolute atomic E-state index is 0.256. The largest absolute Gasteiger partial charge is 0.463 e. The summed E-state index contributed by atoms with van der Waals surface area (Å²) in [6, 6.07) is 0. The molecule has 15 heavy (non-hydrogen) atoms. The molecule has 0 aliphatic rings. The normalized spacial score (nSPS) is 11.9. The van der Waals surface area contributed by atoms with Crippen LogP contribution in [0.15, 0.2) is 18.7 Å². The number of hydrogen-bond donors (Lipinski definition) is 0. The number of carbonyl (C=O) groups is 2. The fourth-order valence-corrected chi connectivity index (χ4v) is 0.887. The smallest absolute Gasteiger partial charge is 0.420 e. The standard InChI is InChI=1S/C9H12N2O4/c1-3-14-8(12)7(2)15-9(13)11-5-4-10-6-11/h4-7H,3H2,1-2H3. The van der Waals surface area contributed by atoms with Gasteiger partial charge in [-0.1, -0.05) is 0 Å². The SMILES string of the molecule is CCOC(=O)C(C)OC(=O)n1ccnc1. The highest BCUT2D eigenvalue weighted by atomic mass is 16.6. The second kappa shape index (κ2) is 5.14. The van der Waals surface area contributed by atoms with Gasteiger partial charge in [0.25, 0.3) is 0 Å². The third kappa shape index (κ3) is 3.08. The minimum atomic E-state index is -0.917. The Bertz CT molecular complexity index is 334. The summed E-state index contributed by atoms with van der Waals surface area (Å²) in [5.41, 5.74) is 0. The average molecular weight is 212 g/mol. The van der Waals surface area contributed by atoms with E-state index in [1.165, 1.54) is 25.6 Å². The summed E-state index contributed by atoms with van der Waals surface area (Å²) in [6.45, 7) is 3.39. The Hall–Kier alpha value is -1.85. The molecule has 0 bridgehead atoms. The van der Waals surface area contributed by atoms with E-state index in [4.69, 9.17) is 4.74 Å². The van der Waals surface area contributed by atoms with Crippen molar-refractivity contribution in [1.82, 2.24) is 9.55 Å². The molecule has 0 spiro atoms. The summed E-state index contributed by atoms with van der Waals surface area (Å²) in [5, 5.41) is 0. The van der Waals surface area contributed by atoms with Crippen LogP contribution in [0.3, 0.4) is 0 Å². The Morgan fingerprint density at radius 2 is 2.27 bits per heavy atom. The van der Waals surface area contributed by atoms with Crippen LogP contribution < -0.4 is 0 Å². The maximum absolute atomic E-state index is 11.3. The molecule has 0 amide bonds. The van der Waals surface area contributed by atoms with Gasteiger partial charge >= 0.3 is 12.1 Å². The van der Waals surface area contributed by atoms with Crippen molar-refractivity contribution in [3.8, 4) is 0 Å². The lowest BCUT2D eigenvalue weighted by molar-refractivity contribution is -0.152. The summed E-state index contributed by atoms with van der Waals surface area (Å²) in [7, 11) is 0. The van der Waals surface area contributed by atoms with Gasteiger partial charge in [0.15, 0.2) is 6.10 Å². The maximum atomic E-state index is 11.3. The van der Waals surface area contributed by atoms with Gasteiger partial charge in [0.05, 0.1) is 6.61 Å². The molecule has 82 valence electrons. The van der Waals surface area contributed by atoms with E-state index in [0.29, 0.717) is 0 Å². The molecule has 6 heteroatoms. The Kier molecular flexibility index (Phi) is 3.84. The molecule has 0 N–H and O–H groups in total. The van der Waals surface area contributed by atoms with Crippen molar-refractivity contribution < 1.29 is 19.1 Å². The molecule has 0 aromatic carbocycles. The van der Waals surface area contributed by atoms with Crippen LogP contribution in [0.1, 0.15) is 13.8 Å². The van der Waals surface area contributed by atoms with Gasteiger partial charge in [-0.05, 0) is 13.8 Å². The topological polar surface area (TPSA) is 70.4 Å². The van der Waals surface area contributed by atoms with Gasteiger partial charge in [-0.15, -0.1) is 0 Å². The quantitative estimate of drug-likeness (QED) is 0.693. The number of esters is 1. The predicted molar refractivity (Wildman–Crippen MR) is 50.2 cm³/mol. The highest BCUT2D eigenvalue weighted by Gasteiger charge is 2.19. The molecule has 1 rings (SSSR count). The maximum Gasteiger partial charge on any atom is 0.420 e. The van der Waals surface area contributed by atoms with Gasteiger partial charge in [0.2, 0.25) is 0 Å². The summed E-state index contributed by atoms with van der Waals surface area (Å²) in [6.07, 6.45) is 2.59. The molecule has 1 aromatic rings. The van der Waals surface area contributed by atoms with Gasteiger partial charge in [0, 0.05) is 12.4 Å². The lowest BCUT2D eigenvalue weighted by atomic mass is 10.4. The second-order valence-electron chi connectivity index (χ2n) is 2.75. The van der Waals surface area contributed by atoms with Crippen LogP contribution in [0.4, 0.5) is 4.79 Å². The molecule has 0 aliphatic carbocycles. The van der Waals surface area contributed by atoms with Crippen LogP contribution in [-0.2, 0) is 14.3 Å². The Morgan fingerprint density at radius 1 is 1.53 bits per heavy atom. The van der Waals surface area contributed by atoms with Crippen molar-refractivity contribution in [2.24, 2.45) is 0 Å². The van der Waals surface area contributed by atoms with Gasteiger partial charge in [0.1, 0.15) is 6.33 Å². The molecular weight excluding hydrogens is 200 g/mol. The van der Waals surface area contributed by atoms with E-state index in [2.05, 4.69) is 9.72 Å². The molecule has 0 radical (unpaired) electrons. The number of imidazole rings is 1. The third-order valence-electron chi connectivity index (χ3n) is 1.61. The minimum Gasteiger partial charge on any atom is -0.463 e. The molecule has 1 heterocycles. The lowest BCUT2D eigenvalue weighted by Crippen LogP contribution is -2.28. The Morgan fingerprint density at radius 3 is 2.80 bits per heavy atom. The number of carbonyl (C=O) groups excluding carboxylic acids is 2. The van der Waals surface area contributed by atoms with E-state index >= 15 is 0 Å². The van der Waals surface area contributed by atoms with Crippen molar-refractivity contribution in [1.29, 1.82) is 0 Å². The van der Waals surface area contributed by atoms with Crippen LogP contribution in [0.5, 0.6) is 0 Å². The van der Waals surface area contributed by atoms with E-state index in [0.717, 1.165) is 4.57 Å². The van der Waals surface area contributed by atoms with Gasteiger partial charge in [-0.25, -0.2) is 19.1 Å². The fraction of sp³-hybridized carbons (Fsp3) is 0.444. The number of nitrogens with zero attached hydrogens (tertiary/aromatic N) is 2. The molecule has 0 fully saturated rings. The van der Waals surface area contributed by atoms with Gasteiger partial charge in [-0.2, -0.15) is 0 Å². The van der Waals surface area contributed by atoms with E-state index < -0.39 is 18.2 Å². The summed E-state index contributed by atoms with van der Waals surface area (Å²) in [5.74, 6) is -0.564. The first kappa shape index (κ1) is 11.2. The van der Waals surface area contributed by atoms with Crippen molar-refractivity contribution in [3.05, 3.63) is 18.7 Å². The van der Waals surface area contributed by atoms with Crippen LogP contribution in [0, 0.1) is 0 Å². The molecule has 0 aliphatic heterocycles. The molecule has 6 nitrogen and oxygen atoms in total. The van der Waals surface area contributed by atoms with E-state index in [1.807, 2.05) is 0 Å². The highest BCUT2D eigenvalue weighted by molar-refractivity contribution is 5.79. The number of ether oxygens (including phenoxy) is 2. The first-order valence-electron chi connectivity index (χ1n) is 4.50. The third-order valence-corrected chi connectivity index (χ3v) is 1.61. The van der Waals surface area contributed by atoms with Crippen LogP contribution >= 0.6 is 0 Å². The monoisotopic (exact) mass is 212 g/mol. The molecule has 1 aromatic heterocycles. The average Bonchev–Trinajstić information content (AvgIpc) is 2.70. The number of hydrogen-bond acceptors (Lipinski definition) is 5. The molecule has 1 unspecified atom stereocenters. The zero-order chi connectivity index (χ0) is 11.3. The van der Waals surface area contributed by atoms with Gasteiger partial charge in [-0.3, -0.25) is 0 Å². The van der Waals surface area contributed by atoms with E-state index in [9.17, 15) is 9.59 Å². The first-order valence-corrected chi connectivity index (χ1v) is 4.50. The van der Waals surface area contributed by atoms with E-state index in [1.54, 1.807) is 6.92 Å². The fourth-order valence-electron chi connectivity index (χ4n) is 0.887. The summed E-state index contributed by atoms with van der Waals surface area (Å²) < 4.78 is 10.6. The molecule has 0 saturated carbocycles. The van der Waals surface area contributed by atoms with Gasteiger partial charge < -0.3 is 9.47 Å². The summed E-state index contributed by atoms with van der Waals surface area (Å²) >= 11 is 0. The lowest BCUT2D eigenvalue weighted by Gasteiger charge is -2.11. The van der Waals surface area contributed by atoms with Crippen LogP contribution in [-0.4, -0.2) is 34.3 Å². The van der Waals surface area contributed by atoms with Crippen molar-refractivity contribution in [2.45, 2.75) is 20.0 Å². The number of rotatable bonds is 3. The Balaban J connectivity index is 2.48. The van der Waals surface area contributed by atoms with Crippen molar-refractivity contribution in [2.75, 3.05) is 6.61 Å². The predicted octanol–water partition coefficient (Wildman–Crippen LogP) is 0.819. The molecule has 1 atom stereocenters. The Labute approximate surface area is 86.8 Å². The molecule has 0 saturated heterocycles. The van der Waals surface area contributed by atoms with E-state index in [-0.39, 0.29) is 6.61 Å². The zero-order valence-corrected chi connectivity index (χ0v) is 8.54. The second-order valence-corrected chi connectivity index (χ2v) is 2.75. The first-order chi connectivity index (χ1) is 7.15.